The first-order valence-corrected chi connectivity index (χ1v) is 5.81. The molecular weight excluding hydrogens is 208 g/mol. The molecule has 86 valence electrons. The minimum atomic E-state index is 0.948. The molecular formula is C15H16N2. The molecule has 2 aromatic rings. The molecule has 0 aliphatic rings. The summed E-state index contributed by atoms with van der Waals surface area (Å²) in [7, 11) is 0. The maximum absolute atomic E-state index is 4.18. The van der Waals surface area contributed by atoms with Crippen molar-refractivity contribution < 1.29 is 0 Å². The summed E-state index contributed by atoms with van der Waals surface area (Å²) in [5.41, 5.74) is 5.36. The fraction of sp³-hybridized carbons (Fsp3) is 0.133. The number of nitrogens with zero attached hydrogens (tertiary/aromatic N) is 1. The van der Waals surface area contributed by atoms with Crippen molar-refractivity contribution in [3.8, 4) is 0 Å². The van der Waals surface area contributed by atoms with Crippen molar-refractivity contribution in [2.24, 2.45) is 5.10 Å². The van der Waals surface area contributed by atoms with Crippen LogP contribution in [0.1, 0.15) is 12.0 Å². The lowest BCUT2D eigenvalue weighted by Gasteiger charge is -1.99. The van der Waals surface area contributed by atoms with Crippen LogP contribution in [-0.4, -0.2) is 6.21 Å². The molecule has 0 saturated heterocycles. The topological polar surface area (TPSA) is 24.4 Å². The molecule has 0 unspecified atom stereocenters. The molecule has 0 aliphatic carbocycles. The molecule has 1 N–H and O–H groups in total. The third kappa shape index (κ3) is 4.11. The fourth-order valence-corrected chi connectivity index (χ4v) is 1.57. The first-order valence-electron chi connectivity index (χ1n) is 5.81. The molecule has 0 saturated carbocycles. The molecule has 0 heterocycles. The summed E-state index contributed by atoms with van der Waals surface area (Å²) in [6, 6.07) is 20.4. The van der Waals surface area contributed by atoms with E-state index >= 15 is 0 Å². The summed E-state index contributed by atoms with van der Waals surface area (Å²) in [6.45, 7) is 0. The van der Waals surface area contributed by atoms with E-state index in [4.69, 9.17) is 0 Å². The maximum Gasteiger partial charge on any atom is 0.0561 e. The van der Waals surface area contributed by atoms with Crippen LogP contribution in [-0.2, 0) is 6.42 Å². The predicted molar refractivity (Wildman–Crippen MR) is 73.3 cm³/mol. The standard InChI is InChI=1S/C15H16N2/c1-3-8-14(9-4-1)10-7-13-16-17-15-11-5-2-6-12-15/h1-6,8-9,11-13,17H,7,10H2. The molecule has 0 fully saturated rings. The van der Waals surface area contributed by atoms with Gasteiger partial charge in [0.2, 0.25) is 0 Å². The van der Waals surface area contributed by atoms with E-state index in [0.717, 1.165) is 18.5 Å². The first-order chi connectivity index (χ1) is 8.45. The van der Waals surface area contributed by atoms with Gasteiger partial charge in [0.1, 0.15) is 0 Å². The van der Waals surface area contributed by atoms with Gasteiger partial charge >= 0.3 is 0 Å². The number of para-hydroxylation sites is 1. The van der Waals surface area contributed by atoms with Gasteiger partial charge in [0, 0.05) is 6.21 Å². The Morgan fingerprint density at radius 3 is 2.24 bits per heavy atom. The van der Waals surface area contributed by atoms with Gasteiger partial charge in [0.15, 0.2) is 0 Å². The number of nitrogens with one attached hydrogen (secondary N) is 1. The van der Waals surface area contributed by atoms with E-state index in [2.05, 4.69) is 34.8 Å². The predicted octanol–water partition coefficient (Wildman–Crippen LogP) is 3.72. The minimum Gasteiger partial charge on any atom is -0.279 e. The van der Waals surface area contributed by atoms with Gasteiger partial charge in [-0.3, -0.25) is 5.43 Å². The van der Waals surface area contributed by atoms with Crippen LogP contribution in [0, 0.1) is 0 Å². The highest BCUT2D eigenvalue weighted by Crippen LogP contribution is 2.04. The molecule has 0 aromatic heterocycles. The van der Waals surface area contributed by atoms with Gasteiger partial charge in [-0.05, 0) is 30.5 Å². The zero-order valence-electron chi connectivity index (χ0n) is 9.71. The first kappa shape index (κ1) is 11.4. The van der Waals surface area contributed by atoms with E-state index in [1.807, 2.05) is 42.6 Å². The van der Waals surface area contributed by atoms with Crippen LogP contribution in [0.5, 0.6) is 0 Å². The Kier molecular flexibility index (Phi) is 4.35. The molecule has 0 bridgehead atoms. The summed E-state index contributed by atoms with van der Waals surface area (Å²) >= 11 is 0. The van der Waals surface area contributed by atoms with Gasteiger partial charge in [-0.25, -0.2) is 0 Å². The number of aryl methyl sites for hydroxylation is 1. The minimum absolute atomic E-state index is 0.948. The Morgan fingerprint density at radius 2 is 1.53 bits per heavy atom. The highest BCUT2D eigenvalue weighted by Gasteiger charge is 1.89. The highest BCUT2D eigenvalue weighted by atomic mass is 15.3. The van der Waals surface area contributed by atoms with E-state index < -0.39 is 0 Å². The quantitative estimate of drug-likeness (QED) is 0.607. The summed E-state index contributed by atoms with van der Waals surface area (Å²) < 4.78 is 0. The number of benzene rings is 2. The smallest absolute Gasteiger partial charge is 0.0561 e. The largest absolute Gasteiger partial charge is 0.279 e. The van der Waals surface area contributed by atoms with Gasteiger partial charge in [-0.1, -0.05) is 48.5 Å². The molecule has 2 nitrogen and oxygen atoms in total. The Hall–Kier alpha value is -2.09. The molecule has 0 radical (unpaired) electrons. The van der Waals surface area contributed by atoms with Gasteiger partial charge in [-0.2, -0.15) is 5.10 Å². The average molecular weight is 224 g/mol. The van der Waals surface area contributed by atoms with Crippen molar-refractivity contribution in [2.45, 2.75) is 12.8 Å². The van der Waals surface area contributed by atoms with Crippen LogP contribution >= 0.6 is 0 Å². The van der Waals surface area contributed by atoms with Gasteiger partial charge in [-0.15, -0.1) is 0 Å². The Labute approximate surface area is 102 Å². The normalized spacial score (nSPS) is 10.6. The van der Waals surface area contributed by atoms with Crippen LogP contribution in [0.4, 0.5) is 5.69 Å². The molecule has 2 heteroatoms. The van der Waals surface area contributed by atoms with Gasteiger partial charge in [0.25, 0.3) is 0 Å². The van der Waals surface area contributed by atoms with E-state index in [1.54, 1.807) is 0 Å². The Bertz CT molecular complexity index is 449. The van der Waals surface area contributed by atoms with Crippen molar-refractivity contribution >= 4 is 11.9 Å². The van der Waals surface area contributed by atoms with Gasteiger partial charge in [0.05, 0.1) is 5.69 Å². The fourth-order valence-electron chi connectivity index (χ4n) is 1.57. The van der Waals surface area contributed by atoms with Crippen LogP contribution < -0.4 is 5.43 Å². The SMILES string of the molecule is C(CCc1ccccc1)=NNc1ccccc1. The second kappa shape index (κ2) is 6.48. The van der Waals surface area contributed by atoms with Crippen molar-refractivity contribution in [1.29, 1.82) is 0 Å². The molecule has 0 amide bonds. The van der Waals surface area contributed by atoms with E-state index in [0.29, 0.717) is 0 Å². The summed E-state index contributed by atoms with van der Waals surface area (Å²) in [5, 5.41) is 4.18. The monoisotopic (exact) mass is 224 g/mol. The molecule has 2 rings (SSSR count). The molecule has 0 atom stereocenters. The summed E-state index contributed by atoms with van der Waals surface area (Å²) in [5.74, 6) is 0. The number of hydrogen-bond donors (Lipinski definition) is 1. The maximum atomic E-state index is 4.18. The van der Waals surface area contributed by atoms with Crippen molar-refractivity contribution in [3.63, 3.8) is 0 Å². The number of hydrogen-bond acceptors (Lipinski definition) is 2. The van der Waals surface area contributed by atoms with E-state index in [1.165, 1.54) is 5.56 Å². The van der Waals surface area contributed by atoms with Crippen molar-refractivity contribution in [2.75, 3.05) is 5.43 Å². The second-order valence-electron chi connectivity index (χ2n) is 3.81. The van der Waals surface area contributed by atoms with E-state index in [-0.39, 0.29) is 0 Å². The van der Waals surface area contributed by atoms with Gasteiger partial charge < -0.3 is 0 Å². The summed E-state index contributed by atoms with van der Waals surface area (Å²) in [4.78, 5) is 0. The Balaban J connectivity index is 1.72. The lowest BCUT2D eigenvalue weighted by molar-refractivity contribution is 1.05. The molecule has 0 spiro atoms. The van der Waals surface area contributed by atoms with E-state index in [9.17, 15) is 0 Å². The second-order valence-corrected chi connectivity index (χ2v) is 3.81. The molecule has 2 aromatic carbocycles. The highest BCUT2D eigenvalue weighted by molar-refractivity contribution is 5.59. The van der Waals surface area contributed by atoms with Crippen molar-refractivity contribution in [3.05, 3.63) is 66.2 Å². The third-order valence-electron chi connectivity index (χ3n) is 2.46. The Morgan fingerprint density at radius 1 is 0.882 bits per heavy atom. The lowest BCUT2D eigenvalue weighted by Crippen LogP contribution is -1.90. The number of hydrazone groups is 1. The van der Waals surface area contributed by atoms with Crippen LogP contribution in [0.3, 0.4) is 0 Å². The zero-order chi connectivity index (χ0) is 11.8. The zero-order valence-corrected chi connectivity index (χ0v) is 9.71. The number of rotatable bonds is 5. The van der Waals surface area contributed by atoms with Crippen molar-refractivity contribution in [1.82, 2.24) is 0 Å². The van der Waals surface area contributed by atoms with Crippen LogP contribution in [0.2, 0.25) is 0 Å². The summed E-state index contributed by atoms with van der Waals surface area (Å²) in [6.07, 6.45) is 3.89. The van der Waals surface area contributed by atoms with Crippen LogP contribution in [0.25, 0.3) is 0 Å². The average Bonchev–Trinajstić information content (AvgIpc) is 2.41. The third-order valence-corrected chi connectivity index (χ3v) is 2.46. The molecule has 0 aliphatic heterocycles. The molecule has 17 heavy (non-hydrogen) atoms. The lowest BCUT2D eigenvalue weighted by atomic mass is 10.1. The van der Waals surface area contributed by atoms with Crippen LogP contribution in [0.15, 0.2) is 65.8 Å². The number of anilines is 1.